The van der Waals surface area contributed by atoms with Crippen molar-refractivity contribution in [3.8, 4) is 11.6 Å². The van der Waals surface area contributed by atoms with Crippen LogP contribution in [0.1, 0.15) is 32.3 Å². The van der Waals surface area contributed by atoms with Gasteiger partial charge in [0.15, 0.2) is 10.0 Å². The number of benzene rings is 2. The van der Waals surface area contributed by atoms with Crippen LogP contribution in [0.4, 0.5) is 11.5 Å². The molecular formula is C24H23N11O3S2. The van der Waals surface area contributed by atoms with Gasteiger partial charge in [-0.15, -0.1) is 15.3 Å². The van der Waals surface area contributed by atoms with Crippen LogP contribution in [0.25, 0.3) is 5.82 Å². The van der Waals surface area contributed by atoms with Gasteiger partial charge in [-0.1, -0.05) is 46.5 Å². The number of ether oxygens (including phenoxy) is 1. The van der Waals surface area contributed by atoms with Gasteiger partial charge in [-0.25, -0.2) is 10.1 Å². The van der Waals surface area contributed by atoms with Crippen LogP contribution >= 0.6 is 23.1 Å². The Balaban J connectivity index is 1.31. The highest BCUT2D eigenvalue weighted by molar-refractivity contribution is 8.00. The molecule has 0 saturated heterocycles. The molecule has 3 aromatic heterocycles. The predicted molar refractivity (Wildman–Crippen MR) is 150 cm³/mol. The molecule has 204 valence electrons. The Bertz CT molecular complexity index is 1630. The topological polar surface area (TPSA) is 184 Å². The zero-order valence-electron chi connectivity index (χ0n) is 21.3. The minimum atomic E-state index is -0.571. The SMILES string of the molecule is COc1ccc(/C=N\NC(=O)c2nnn(-c3nonc3N)c2CNc2ccccc2)cc1CSc1nnc(C)s1. The van der Waals surface area contributed by atoms with Gasteiger partial charge in [-0.05, 0) is 53.1 Å². The molecular weight excluding hydrogens is 554 g/mol. The number of anilines is 2. The largest absolute Gasteiger partial charge is 0.496 e. The number of aromatic nitrogens is 7. The van der Waals surface area contributed by atoms with Crippen LogP contribution in [-0.4, -0.2) is 54.7 Å². The van der Waals surface area contributed by atoms with Crippen molar-refractivity contribution < 1.29 is 14.2 Å². The predicted octanol–water partition coefficient (Wildman–Crippen LogP) is 3.07. The fourth-order valence-corrected chi connectivity index (χ4v) is 5.37. The Kier molecular flexibility index (Phi) is 8.26. The van der Waals surface area contributed by atoms with Gasteiger partial charge in [0.1, 0.15) is 10.8 Å². The number of methoxy groups -OCH3 is 1. The average molecular weight is 578 g/mol. The lowest BCUT2D eigenvalue weighted by Crippen LogP contribution is -2.21. The number of hydrazone groups is 1. The summed E-state index contributed by atoms with van der Waals surface area (Å²) in [5.41, 5.74) is 11.3. The molecule has 40 heavy (non-hydrogen) atoms. The molecule has 1 amide bonds. The van der Waals surface area contributed by atoms with Crippen molar-refractivity contribution in [2.45, 2.75) is 23.6 Å². The molecule has 0 radical (unpaired) electrons. The van der Waals surface area contributed by atoms with Crippen LogP contribution in [0, 0.1) is 6.92 Å². The van der Waals surface area contributed by atoms with Crippen molar-refractivity contribution in [1.29, 1.82) is 0 Å². The standard InChI is InChI=1S/C24H23N11O3S2/c1-14-28-31-24(40-14)39-13-16-10-15(8-9-19(16)37-2)11-27-30-23(36)20-18(12-26-17-6-4-3-5-7-17)35(34-29-20)22-21(25)32-38-33-22/h3-11,26H,12-13H2,1-2H3,(H2,25,32)(H,30,36)/b27-11-. The monoisotopic (exact) mass is 577 g/mol. The van der Waals surface area contributed by atoms with Crippen LogP contribution in [0.3, 0.4) is 0 Å². The van der Waals surface area contributed by atoms with Gasteiger partial charge in [-0.2, -0.15) is 9.78 Å². The van der Waals surface area contributed by atoms with E-state index in [1.165, 1.54) is 22.2 Å². The van der Waals surface area contributed by atoms with Crippen molar-refractivity contribution in [2.75, 3.05) is 18.2 Å². The smallest absolute Gasteiger partial charge is 0.293 e. The molecule has 14 nitrogen and oxygen atoms in total. The summed E-state index contributed by atoms with van der Waals surface area (Å²) in [6, 6.07) is 15.1. The fourth-order valence-electron chi connectivity index (χ4n) is 3.57. The van der Waals surface area contributed by atoms with Crippen LogP contribution in [0.5, 0.6) is 5.75 Å². The Morgan fingerprint density at radius 2 is 2.05 bits per heavy atom. The average Bonchev–Trinajstić information content (AvgIpc) is 3.70. The number of carbonyl (C=O) groups excluding carboxylic acids is 1. The van der Waals surface area contributed by atoms with E-state index >= 15 is 0 Å². The quantitative estimate of drug-likeness (QED) is 0.119. The molecule has 4 N–H and O–H groups in total. The first-order valence-corrected chi connectivity index (χ1v) is 13.6. The van der Waals surface area contributed by atoms with Crippen molar-refractivity contribution in [3.63, 3.8) is 0 Å². The van der Waals surface area contributed by atoms with Crippen LogP contribution < -0.4 is 21.2 Å². The van der Waals surface area contributed by atoms with Crippen molar-refractivity contribution >= 4 is 46.7 Å². The lowest BCUT2D eigenvalue weighted by atomic mass is 10.1. The molecule has 16 heteroatoms. The molecule has 0 unspecified atom stereocenters. The number of hydrogen-bond acceptors (Lipinski definition) is 14. The van der Waals surface area contributed by atoms with Crippen molar-refractivity contribution in [2.24, 2.45) is 5.10 Å². The van der Waals surface area contributed by atoms with Gasteiger partial charge in [0.25, 0.3) is 5.91 Å². The van der Waals surface area contributed by atoms with E-state index in [1.54, 1.807) is 18.9 Å². The van der Waals surface area contributed by atoms with Gasteiger partial charge in [0.2, 0.25) is 11.6 Å². The Hall–Kier alpha value is -4.83. The number of hydrogen-bond donors (Lipinski definition) is 3. The molecule has 0 bridgehead atoms. The van der Waals surface area contributed by atoms with Gasteiger partial charge in [0, 0.05) is 17.0 Å². The minimum Gasteiger partial charge on any atom is -0.496 e. The second-order valence-corrected chi connectivity index (χ2v) is 10.5. The van der Waals surface area contributed by atoms with E-state index in [4.69, 9.17) is 15.1 Å². The first kappa shape index (κ1) is 26.8. The number of nitrogens with one attached hydrogen (secondary N) is 2. The lowest BCUT2D eigenvalue weighted by Gasteiger charge is -2.09. The minimum absolute atomic E-state index is 0.00516. The van der Waals surface area contributed by atoms with Crippen LogP contribution in [-0.2, 0) is 12.3 Å². The number of nitrogens with zero attached hydrogens (tertiary/aromatic N) is 8. The number of carbonyl (C=O) groups is 1. The highest BCUT2D eigenvalue weighted by Crippen LogP contribution is 2.30. The normalized spacial score (nSPS) is 11.2. The lowest BCUT2D eigenvalue weighted by molar-refractivity contribution is 0.0949. The van der Waals surface area contributed by atoms with E-state index < -0.39 is 5.91 Å². The van der Waals surface area contributed by atoms with E-state index in [9.17, 15) is 4.79 Å². The number of rotatable bonds is 11. The first-order valence-electron chi connectivity index (χ1n) is 11.8. The molecule has 0 aliphatic rings. The number of nitrogen functional groups attached to an aromatic ring is 1. The summed E-state index contributed by atoms with van der Waals surface area (Å²) in [6.07, 6.45) is 1.53. The van der Waals surface area contributed by atoms with Gasteiger partial charge in [-0.3, -0.25) is 4.79 Å². The zero-order chi connectivity index (χ0) is 27.9. The highest BCUT2D eigenvalue weighted by atomic mass is 32.2. The van der Waals surface area contributed by atoms with E-state index in [0.717, 1.165) is 31.9 Å². The summed E-state index contributed by atoms with van der Waals surface area (Å²) >= 11 is 3.10. The zero-order valence-corrected chi connectivity index (χ0v) is 22.9. The molecule has 2 aromatic carbocycles. The molecule has 0 atom stereocenters. The van der Waals surface area contributed by atoms with Crippen molar-refractivity contribution in [3.05, 3.63) is 76.1 Å². The summed E-state index contributed by atoms with van der Waals surface area (Å²) in [5, 5.41) is 31.9. The summed E-state index contributed by atoms with van der Waals surface area (Å²) in [6.45, 7) is 2.10. The molecule has 0 aliphatic heterocycles. The fraction of sp³-hybridized carbons (Fsp3) is 0.167. The number of thioether (sulfide) groups is 1. The van der Waals surface area contributed by atoms with Crippen LogP contribution in [0.15, 0.2) is 62.6 Å². The number of para-hydroxylation sites is 1. The van der Waals surface area contributed by atoms with Gasteiger partial charge >= 0.3 is 0 Å². The summed E-state index contributed by atoms with van der Waals surface area (Å²) < 4.78 is 12.4. The van der Waals surface area contributed by atoms with Gasteiger partial charge in [0.05, 0.1) is 25.6 Å². The Labute approximate surface area is 236 Å². The number of nitrogens with two attached hydrogens (primary N) is 1. The molecule has 0 saturated carbocycles. The maximum Gasteiger partial charge on any atom is 0.293 e. The third-order valence-corrected chi connectivity index (χ3v) is 7.47. The number of aryl methyl sites for hydroxylation is 1. The third-order valence-electron chi connectivity index (χ3n) is 5.45. The van der Waals surface area contributed by atoms with Crippen LogP contribution in [0.2, 0.25) is 0 Å². The second kappa shape index (κ2) is 12.4. The first-order chi connectivity index (χ1) is 19.5. The second-order valence-electron chi connectivity index (χ2n) is 8.14. The summed E-state index contributed by atoms with van der Waals surface area (Å²) in [5.74, 6) is 0.923. The molecule has 5 rings (SSSR count). The summed E-state index contributed by atoms with van der Waals surface area (Å²) in [7, 11) is 1.62. The Morgan fingerprint density at radius 1 is 1.20 bits per heavy atom. The molecule has 0 spiro atoms. The summed E-state index contributed by atoms with van der Waals surface area (Å²) in [4.78, 5) is 13.1. The van der Waals surface area contributed by atoms with Gasteiger partial charge < -0.3 is 15.8 Å². The van der Waals surface area contributed by atoms with E-state index in [2.05, 4.69) is 46.7 Å². The van der Waals surface area contributed by atoms with E-state index in [0.29, 0.717) is 11.4 Å². The van der Waals surface area contributed by atoms with E-state index in [-0.39, 0.29) is 23.9 Å². The highest BCUT2D eigenvalue weighted by Gasteiger charge is 2.23. The maximum atomic E-state index is 13.1. The number of amides is 1. The Morgan fingerprint density at radius 3 is 2.77 bits per heavy atom. The van der Waals surface area contributed by atoms with Crippen molar-refractivity contribution in [1.82, 2.24) is 40.9 Å². The molecule has 0 fully saturated rings. The third kappa shape index (κ3) is 6.24. The molecule has 5 aromatic rings. The van der Waals surface area contributed by atoms with E-state index in [1.807, 2.05) is 55.5 Å². The molecule has 3 heterocycles. The maximum absolute atomic E-state index is 13.1. The molecule has 0 aliphatic carbocycles.